The van der Waals surface area contributed by atoms with E-state index in [1.54, 1.807) is 18.2 Å². The summed E-state index contributed by atoms with van der Waals surface area (Å²) in [4.78, 5) is 16.2. The number of aliphatic hydroxyl groups excluding tert-OH is 1. The first-order valence-corrected chi connectivity index (χ1v) is 7.63. The van der Waals surface area contributed by atoms with Crippen LogP contribution in [0.25, 0.3) is 0 Å². The average molecular weight is 318 g/mol. The number of hydrogen-bond acceptors (Lipinski definition) is 6. The van der Waals surface area contributed by atoms with E-state index in [2.05, 4.69) is 34.6 Å². The smallest absolute Gasteiger partial charge is 0.251 e. The van der Waals surface area contributed by atoms with Crippen molar-refractivity contribution < 1.29 is 14.4 Å². The fourth-order valence-corrected chi connectivity index (χ4v) is 2.03. The molecular formula is C16H22N4O3. The van der Waals surface area contributed by atoms with Crippen molar-refractivity contribution in [3.8, 4) is 0 Å². The van der Waals surface area contributed by atoms with E-state index in [0.29, 0.717) is 29.7 Å². The summed E-state index contributed by atoms with van der Waals surface area (Å²) in [6.07, 6.45) is 0.782. The van der Waals surface area contributed by atoms with Crippen molar-refractivity contribution in [2.45, 2.75) is 26.8 Å². The fraction of sp³-hybridized carbons (Fsp3) is 0.438. The van der Waals surface area contributed by atoms with Gasteiger partial charge in [0.05, 0.1) is 13.2 Å². The highest BCUT2D eigenvalue weighted by molar-refractivity contribution is 5.95. The van der Waals surface area contributed by atoms with Crippen molar-refractivity contribution >= 4 is 11.6 Å². The molecular weight excluding hydrogens is 296 g/mol. The van der Waals surface area contributed by atoms with Crippen LogP contribution < -0.4 is 10.6 Å². The number of anilines is 1. The van der Waals surface area contributed by atoms with Crippen molar-refractivity contribution in [2.24, 2.45) is 5.92 Å². The first-order valence-electron chi connectivity index (χ1n) is 7.63. The maximum absolute atomic E-state index is 11.8. The largest absolute Gasteiger partial charge is 0.395 e. The van der Waals surface area contributed by atoms with E-state index in [9.17, 15) is 4.79 Å². The minimum absolute atomic E-state index is 0.0838. The number of aromatic nitrogens is 2. The Balaban J connectivity index is 1.93. The summed E-state index contributed by atoms with van der Waals surface area (Å²) in [5, 5.41) is 18.4. The zero-order valence-corrected chi connectivity index (χ0v) is 13.4. The van der Waals surface area contributed by atoms with Gasteiger partial charge in [0.15, 0.2) is 5.82 Å². The molecule has 1 aromatic carbocycles. The Morgan fingerprint density at radius 1 is 1.39 bits per heavy atom. The molecule has 0 aliphatic carbocycles. The summed E-state index contributed by atoms with van der Waals surface area (Å²) in [7, 11) is 0. The molecule has 1 aromatic heterocycles. The van der Waals surface area contributed by atoms with Gasteiger partial charge in [0.25, 0.3) is 5.91 Å². The number of carbonyl (C=O) groups excluding carboxylic acids is 1. The normalized spacial score (nSPS) is 10.8. The molecule has 0 radical (unpaired) electrons. The molecule has 2 aromatic rings. The van der Waals surface area contributed by atoms with Gasteiger partial charge in [0, 0.05) is 24.2 Å². The first kappa shape index (κ1) is 17.0. The molecule has 0 aliphatic heterocycles. The number of nitrogens with zero attached hydrogens (tertiary/aromatic N) is 2. The minimum Gasteiger partial charge on any atom is -0.395 e. The average Bonchev–Trinajstić information content (AvgIpc) is 2.97. The molecule has 2 rings (SSSR count). The number of rotatable bonds is 8. The van der Waals surface area contributed by atoms with Crippen molar-refractivity contribution in [3.63, 3.8) is 0 Å². The quantitative estimate of drug-likeness (QED) is 0.683. The molecule has 1 amide bonds. The molecule has 7 nitrogen and oxygen atoms in total. The Morgan fingerprint density at radius 3 is 2.96 bits per heavy atom. The number of nitrogens with one attached hydrogen (secondary N) is 2. The van der Waals surface area contributed by atoms with E-state index in [1.807, 2.05) is 6.07 Å². The van der Waals surface area contributed by atoms with E-state index in [0.717, 1.165) is 12.1 Å². The Morgan fingerprint density at radius 2 is 2.22 bits per heavy atom. The molecule has 0 saturated heterocycles. The van der Waals surface area contributed by atoms with Crippen LogP contribution in [0, 0.1) is 5.92 Å². The van der Waals surface area contributed by atoms with Gasteiger partial charge in [-0.05, 0) is 24.1 Å². The number of aliphatic hydroxyl groups is 1. The minimum atomic E-state index is -0.222. The number of carbonyl (C=O) groups is 1. The van der Waals surface area contributed by atoms with Crippen LogP contribution in [0.5, 0.6) is 0 Å². The third kappa shape index (κ3) is 5.37. The molecule has 0 saturated carbocycles. The predicted octanol–water partition coefficient (Wildman–Crippen LogP) is 1.60. The van der Waals surface area contributed by atoms with Crippen LogP contribution in [0.2, 0.25) is 0 Å². The monoisotopic (exact) mass is 318 g/mol. The molecule has 1 heterocycles. The van der Waals surface area contributed by atoms with Crippen LogP contribution in [0.4, 0.5) is 5.69 Å². The summed E-state index contributed by atoms with van der Waals surface area (Å²) < 4.78 is 5.19. The second-order valence-electron chi connectivity index (χ2n) is 5.62. The zero-order chi connectivity index (χ0) is 16.7. The molecule has 124 valence electrons. The topological polar surface area (TPSA) is 100 Å². The highest BCUT2D eigenvalue weighted by Gasteiger charge is 2.09. The fourth-order valence-electron chi connectivity index (χ4n) is 2.03. The van der Waals surface area contributed by atoms with E-state index in [-0.39, 0.29) is 19.1 Å². The number of benzene rings is 1. The van der Waals surface area contributed by atoms with Gasteiger partial charge < -0.3 is 20.3 Å². The summed E-state index contributed by atoms with van der Waals surface area (Å²) in [5.74, 6) is 1.46. The lowest BCUT2D eigenvalue weighted by molar-refractivity contribution is 0.0945. The van der Waals surface area contributed by atoms with Gasteiger partial charge in [-0.15, -0.1) is 0 Å². The molecule has 0 aliphatic rings. The number of amides is 1. The molecule has 3 N–H and O–H groups in total. The lowest BCUT2D eigenvalue weighted by Gasteiger charge is -2.07. The van der Waals surface area contributed by atoms with Crippen LogP contribution >= 0.6 is 0 Å². The van der Waals surface area contributed by atoms with Crippen molar-refractivity contribution in [2.75, 3.05) is 18.5 Å². The first-order chi connectivity index (χ1) is 11.1. The second kappa shape index (κ2) is 8.28. The number of hydrogen-bond donors (Lipinski definition) is 3. The lowest BCUT2D eigenvalue weighted by atomic mass is 10.1. The van der Waals surface area contributed by atoms with Crippen LogP contribution in [0.3, 0.4) is 0 Å². The van der Waals surface area contributed by atoms with Gasteiger partial charge in [-0.1, -0.05) is 25.1 Å². The SMILES string of the molecule is CC(C)Cc1noc(CNc2cccc(C(=O)NCCO)c2)n1. The van der Waals surface area contributed by atoms with E-state index >= 15 is 0 Å². The van der Waals surface area contributed by atoms with Crippen molar-refractivity contribution in [1.82, 2.24) is 15.5 Å². The Labute approximate surface area is 135 Å². The molecule has 0 atom stereocenters. The lowest BCUT2D eigenvalue weighted by Crippen LogP contribution is -2.26. The molecule has 7 heteroatoms. The van der Waals surface area contributed by atoms with E-state index < -0.39 is 0 Å². The molecule has 0 fully saturated rings. The van der Waals surface area contributed by atoms with Gasteiger partial charge in [-0.25, -0.2) is 0 Å². The van der Waals surface area contributed by atoms with Crippen molar-refractivity contribution in [3.05, 3.63) is 41.5 Å². The van der Waals surface area contributed by atoms with Gasteiger partial charge >= 0.3 is 0 Å². The molecule has 23 heavy (non-hydrogen) atoms. The van der Waals surface area contributed by atoms with E-state index in [1.165, 1.54) is 0 Å². The summed E-state index contributed by atoms with van der Waals surface area (Å²) in [5.41, 5.74) is 1.31. The van der Waals surface area contributed by atoms with E-state index in [4.69, 9.17) is 9.63 Å². The van der Waals surface area contributed by atoms with Crippen LogP contribution in [-0.2, 0) is 13.0 Å². The van der Waals surface area contributed by atoms with Crippen LogP contribution in [-0.4, -0.2) is 34.3 Å². The molecule has 0 spiro atoms. The highest BCUT2D eigenvalue weighted by Crippen LogP contribution is 2.12. The van der Waals surface area contributed by atoms with Gasteiger partial charge in [0.2, 0.25) is 5.89 Å². The summed E-state index contributed by atoms with van der Waals surface area (Å²) in [6, 6.07) is 7.09. The third-order valence-electron chi connectivity index (χ3n) is 3.07. The maximum atomic E-state index is 11.8. The molecule has 0 bridgehead atoms. The zero-order valence-electron chi connectivity index (χ0n) is 13.4. The summed E-state index contributed by atoms with van der Waals surface area (Å²) in [6.45, 7) is 4.74. The van der Waals surface area contributed by atoms with Crippen molar-refractivity contribution in [1.29, 1.82) is 0 Å². The Bertz CT molecular complexity index is 640. The Kier molecular flexibility index (Phi) is 6.10. The van der Waals surface area contributed by atoms with Crippen LogP contribution in [0.15, 0.2) is 28.8 Å². The standard InChI is InChI=1S/C16H22N4O3/c1-11(2)8-14-19-15(23-20-14)10-18-13-5-3-4-12(9-13)16(22)17-6-7-21/h3-5,9,11,18,21H,6-8,10H2,1-2H3,(H,17,22). The predicted molar refractivity (Wildman–Crippen MR) is 86.0 cm³/mol. The van der Waals surface area contributed by atoms with Gasteiger partial charge in [-0.3, -0.25) is 4.79 Å². The van der Waals surface area contributed by atoms with Gasteiger partial charge in [0.1, 0.15) is 0 Å². The highest BCUT2D eigenvalue weighted by atomic mass is 16.5. The summed E-state index contributed by atoms with van der Waals surface area (Å²) >= 11 is 0. The molecule has 0 unspecified atom stereocenters. The Hall–Kier alpha value is -2.41. The maximum Gasteiger partial charge on any atom is 0.251 e. The van der Waals surface area contributed by atoms with Crippen LogP contribution in [0.1, 0.15) is 35.9 Å². The second-order valence-corrected chi connectivity index (χ2v) is 5.62. The van der Waals surface area contributed by atoms with Gasteiger partial charge in [-0.2, -0.15) is 4.98 Å². The third-order valence-corrected chi connectivity index (χ3v) is 3.07.